The highest BCUT2D eigenvalue weighted by Crippen LogP contribution is 2.51. The van der Waals surface area contributed by atoms with Gasteiger partial charge in [-0.25, -0.2) is 0 Å². The smallest absolute Gasteiger partial charge is 0.0640 e. The predicted octanol–water partition coefficient (Wildman–Crippen LogP) is 16.5. The van der Waals surface area contributed by atoms with Gasteiger partial charge in [0.05, 0.1) is 16.1 Å². The van der Waals surface area contributed by atoms with E-state index in [0.29, 0.717) is 0 Å². The molecular formula is C56H37NS. The van der Waals surface area contributed by atoms with Gasteiger partial charge in [-0.05, 0) is 91.0 Å². The highest BCUT2D eigenvalue weighted by Gasteiger charge is 2.23. The van der Waals surface area contributed by atoms with E-state index in [1.165, 1.54) is 86.2 Å². The third-order valence-corrected chi connectivity index (χ3v) is 12.7. The molecule has 0 radical (unpaired) electrons. The maximum absolute atomic E-state index is 2.49. The minimum Gasteiger partial charge on any atom is -0.308 e. The van der Waals surface area contributed by atoms with E-state index in [2.05, 4.69) is 229 Å². The molecule has 272 valence electrons. The summed E-state index contributed by atoms with van der Waals surface area (Å²) in [6.07, 6.45) is 0. The van der Waals surface area contributed by atoms with Crippen molar-refractivity contribution in [2.75, 3.05) is 4.90 Å². The number of nitrogens with zero attached hydrogens (tertiary/aromatic N) is 1. The fourth-order valence-electron chi connectivity index (χ4n) is 8.69. The van der Waals surface area contributed by atoms with E-state index in [0.717, 1.165) is 17.1 Å². The molecule has 1 nitrogen and oxygen atoms in total. The van der Waals surface area contributed by atoms with E-state index in [1.54, 1.807) is 0 Å². The molecule has 0 aliphatic carbocycles. The molecule has 0 fully saturated rings. The summed E-state index contributed by atoms with van der Waals surface area (Å²) in [5.41, 5.74) is 13.2. The molecule has 0 spiro atoms. The third-order valence-electron chi connectivity index (χ3n) is 11.5. The quantitative estimate of drug-likeness (QED) is 0.157. The highest BCUT2D eigenvalue weighted by molar-refractivity contribution is 7.27. The van der Waals surface area contributed by atoms with Gasteiger partial charge in [-0.3, -0.25) is 0 Å². The van der Waals surface area contributed by atoms with Crippen LogP contribution in [0.2, 0.25) is 0 Å². The molecule has 0 aliphatic rings. The Morgan fingerprint density at radius 1 is 0.293 bits per heavy atom. The first-order valence-electron chi connectivity index (χ1n) is 19.8. The summed E-state index contributed by atoms with van der Waals surface area (Å²) in [6, 6.07) is 81.9. The second kappa shape index (κ2) is 14.4. The van der Waals surface area contributed by atoms with Crippen molar-refractivity contribution in [3.05, 3.63) is 224 Å². The number of rotatable bonds is 7. The fourth-order valence-corrected chi connectivity index (χ4v) is 10.1. The van der Waals surface area contributed by atoms with Crippen LogP contribution in [-0.2, 0) is 0 Å². The lowest BCUT2D eigenvalue weighted by Crippen LogP contribution is -2.10. The number of hydrogen-bond donors (Lipinski definition) is 0. The monoisotopic (exact) mass is 755 g/mol. The van der Waals surface area contributed by atoms with Gasteiger partial charge in [0.1, 0.15) is 0 Å². The second-order valence-electron chi connectivity index (χ2n) is 14.8. The molecule has 11 rings (SSSR count). The molecule has 0 saturated heterocycles. The van der Waals surface area contributed by atoms with Crippen LogP contribution in [0, 0.1) is 0 Å². The van der Waals surface area contributed by atoms with Crippen LogP contribution < -0.4 is 4.90 Å². The average molecular weight is 756 g/mol. The first-order chi connectivity index (χ1) is 28.8. The molecule has 0 atom stereocenters. The van der Waals surface area contributed by atoms with E-state index in [4.69, 9.17) is 0 Å². The minimum atomic E-state index is 1.11. The standard InChI is InChI=1S/C56H37NS/c1-4-16-40(17-5-1)46-35-36-52(50-24-13-12-23-49(46)50)57(45-31-29-39(30-32-45)44-28-27-38-15-10-11-22-43(38)37-44)53-26-14-25-51-54-47(41-18-6-2-7-19-41)33-34-48(56(54)58-55(51)53)42-20-8-3-9-21-42/h1-37H. The van der Waals surface area contributed by atoms with Crippen LogP contribution in [0.15, 0.2) is 224 Å². The summed E-state index contributed by atoms with van der Waals surface area (Å²) in [4.78, 5) is 2.49. The molecule has 0 amide bonds. The fraction of sp³-hybridized carbons (Fsp3) is 0. The van der Waals surface area contributed by atoms with E-state index in [-0.39, 0.29) is 0 Å². The van der Waals surface area contributed by atoms with Gasteiger partial charge in [-0.2, -0.15) is 0 Å². The Bertz CT molecular complexity index is 3260. The van der Waals surface area contributed by atoms with Crippen molar-refractivity contribution in [2.45, 2.75) is 0 Å². The van der Waals surface area contributed by atoms with Gasteiger partial charge in [0.15, 0.2) is 0 Å². The third kappa shape index (κ3) is 5.86. The Kier molecular flexibility index (Phi) is 8.42. The summed E-state index contributed by atoms with van der Waals surface area (Å²) in [5.74, 6) is 0. The molecule has 1 aromatic heterocycles. The maximum Gasteiger partial charge on any atom is 0.0640 e. The Balaban J connectivity index is 1.17. The number of anilines is 3. The minimum absolute atomic E-state index is 1.11. The van der Waals surface area contributed by atoms with Crippen molar-refractivity contribution >= 4 is 70.1 Å². The zero-order valence-corrected chi connectivity index (χ0v) is 32.5. The second-order valence-corrected chi connectivity index (χ2v) is 15.9. The zero-order chi connectivity index (χ0) is 38.4. The van der Waals surface area contributed by atoms with Gasteiger partial charge in [-0.1, -0.05) is 194 Å². The summed E-state index contributed by atoms with van der Waals surface area (Å²) in [6.45, 7) is 0. The van der Waals surface area contributed by atoms with E-state index < -0.39 is 0 Å². The largest absolute Gasteiger partial charge is 0.308 e. The van der Waals surface area contributed by atoms with E-state index >= 15 is 0 Å². The first kappa shape index (κ1) is 34.0. The molecule has 11 aromatic rings. The van der Waals surface area contributed by atoms with Crippen LogP contribution in [0.1, 0.15) is 0 Å². The zero-order valence-electron chi connectivity index (χ0n) is 31.7. The normalized spacial score (nSPS) is 11.4. The Morgan fingerprint density at radius 2 is 0.845 bits per heavy atom. The molecule has 1 heterocycles. The Morgan fingerprint density at radius 3 is 1.57 bits per heavy atom. The van der Waals surface area contributed by atoms with E-state index in [1.807, 2.05) is 11.3 Å². The van der Waals surface area contributed by atoms with Crippen LogP contribution in [0.4, 0.5) is 17.1 Å². The van der Waals surface area contributed by atoms with Crippen molar-refractivity contribution in [3.63, 3.8) is 0 Å². The lowest BCUT2D eigenvalue weighted by atomic mass is 9.94. The van der Waals surface area contributed by atoms with Gasteiger partial charge in [0, 0.05) is 26.5 Å². The van der Waals surface area contributed by atoms with Crippen molar-refractivity contribution in [2.24, 2.45) is 0 Å². The number of hydrogen-bond acceptors (Lipinski definition) is 2. The summed E-state index contributed by atoms with van der Waals surface area (Å²) in [5, 5.41) is 7.49. The van der Waals surface area contributed by atoms with Gasteiger partial charge >= 0.3 is 0 Å². The Labute approximate surface area is 342 Å². The summed E-state index contributed by atoms with van der Waals surface area (Å²) < 4.78 is 2.55. The van der Waals surface area contributed by atoms with Crippen molar-refractivity contribution in [1.29, 1.82) is 0 Å². The molecule has 0 N–H and O–H groups in total. The highest BCUT2D eigenvalue weighted by atomic mass is 32.1. The lowest BCUT2D eigenvalue weighted by molar-refractivity contribution is 1.32. The number of fused-ring (bicyclic) bond motifs is 5. The molecule has 2 heteroatoms. The van der Waals surface area contributed by atoms with Crippen LogP contribution in [0.25, 0.3) is 86.2 Å². The molecule has 0 unspecified atom stereocenters. The molecular weight excluding hydrogens is 719 g/mol. The van der Waals surface area contributed by atoms with Crippen LogP contribution in [-0.4, -0.2) is 0 Å². The number of thiophene rings is 1. The van der Waals surface area contributed by atoms with Crippen LogP contribution in [0.5, 0.6) is 0 Å². The van der Waals surface area contributed by atoms with Crippen LogP contribution >= 0.6 is 11.3 Å². The molecule has 0 aliphatic heterocycles. The van der Waals surface area contributed by atoms with Crippen molar-refractivity contribution < 1.29 is 0 Å². The molecule has 10 aromatic carbocycles. The van der Waals surface area contributed by atoms with Gasteiger partial charge in [0.2, 0.25) is 0 Å². The molecule has 58 heavy (non-hydrogen) atoms. The van der Waals surface area contributed by atoms with E-state index in [9.17, 15) is 0 Å². The topological polar surface area (TPSA) is 3.24 Å². The van der Waals surface area contributed by atoms with Gasteiger partial charge in [0.25, 0.3) is 0 Å². The SMILES string of the molecule is c1ccc(-c2ccc(N(c3ccc(-c4ccc5ccccc5c4)cc3)c3cccc4c3sc3c(-c5ccccc5)ccc(-c5ccccc5)c34)c3ccccc23)cc1. The molecule has 0 saturated carbocycles. The van der Waals surface area contributed by atoms with Crippen molar-refractivity contribution in [3.8, 4) is 44.5 Å². The summed E-state index contributed by atoms with van der Waals surface area (Å²) in [7, 11) is 0. The average Bonchev–Trinajstić information content (AvgIpc) is 3.70. The lowest BCUT2D eigenvalue weighted by Gasteiger charge is -2.28. The molecule has 0 bridgehead atoms. The maximum atomic E-state index is 2.49. The van der Waals surface area contributed by atoms with Gasteiger partial charge in [-0.15, -0.1) is 11.3 Å². The number of benzene rings is 10. The summed E-state index contributed by atoms with van der Waals surface area (Å²) >= 11 is 1.90. The van der Waals surface area contributed by atoms with Crippen molar-refractivity contribution in [1.82, 2.24) is 0 Å². The van der Waals surface area contributed by atoms with Crippen LogP contribution in [0.3, 0.4) is 0 Å². The Hall–Kier alpha value is -7.26. The van der Waals surface area contributed by atoms with Gasteiger partial charge < -0.3 is 4.90 Å². The predicted molar refractivity (Wildman–Crippen MR) is 251 cm³/mol. The first-order valence-corrected chi connectivity index (χ1v) is 20.7.